The molecule has 1 heteroatoms. The van der Waals surface area contributed by atoms with E-state index in [9.17, 15) is 0 Å². The van der Waals surface area contributed by atoms with Gasteiger partial charge >= 0.3 is 39.8 Å². The van der Waals surface area contributed by atoms with E-state index in [2.05, 4.69) is 12.7 Å². The second-order valence-electron chi connectivity index (χ2n) is 1.10. The van der Waals surface area contributed by atoms with Crippen molar-refractivity contribution in [2.75, 3.05) is 0 Å². The van der Waals surface area contributed by atoms with Crippen molar-refractivity contribution < 1.29 is 0 Å². The Balaban J connectivity index is 2.19. The van der Waals surface area contributed by atoms with Crippen LogP contribution in [0.15, 0.2) is 0 Å². The third kappa shape index (κ3) is 4.54. The van der Waals surface area contributed by atoms with Crippen LogP contribution >= 0.6 is 0 Å². The molecule has 0 aromatic heterocycles. The molecular formula is C4H10Ge. The van der Waals surface area contributed by atoms with Gasteiger partial charge in [-0.25, -0.2) is 0 Å². The van der Waals surface area contributed by atoms with E-state index >= 15 is 0 Å². The Morgan fingerprint density at radius 1 is 1.60 bits per heavy atom. The molecule has 0 nitrogen and oxygen atoms in total. The topological polar surface area (TPSA) is 0 Å². The van der Waals surface area contributed by atoms with Crippen molar-refractivity contribution in [3.63, 3.8) is 0 Å². The second-order valence-corrected chi connectivity index (χ2v) is 3.64. The second kappa shape index (κ2) is 4.54. The first-order valence-electron chi connectivity index (χ1n) is 2.06. The van der Waals surface area contributed by atoms with Gasteiger partial charge < -0.3 is 0 Å². The molecule has 0 rings (SSSR count). The fraction of sp³-hybridized carbons (Fsp3) is 1.00. The molecule has 0 aliphatic rings. The van der Waals surface area contributed by atoms with Crippen LogP contribution < -0.4 is 0 Å². The molecule has 0 aromatic rings. The van der Waals surface area contributed by atoms with Crippen molar-refractivity contribution in [3.05, 3.63) is 0 Å². The Hall–Kier alpha value is 0.543. The molecular weight excluding hydrogens is 121 g/mol. The van der Waals surface area contributed by atoms with Gasteiger partial charge in [0, 0.05) is 0 Å². The standard InChI is InChI=1S/C4H10Ge/c1-3-4-5-2/h3-4H2,1-2H3. The number of rotatable bonds is 2. The van der Waals surface area contributed by atoms with Crippen LogP contribution in [-0.4, -0.2) is 15.4 Å². The van der Waals surface area contributed by atoms with E-state index < -0.39 is 0 Å². The predicted octanol–water partition coefficient (Wildman–Crippen LogP) is 1.57. The van der Waals surface area contributed by atoms with Gasteiger partial charge in [0.05, 0.1) is 0 Å². The van der Waals surface area contributed by atoms with Crippen LogP contribution in [0, 0.1) is 0 Å². The van der Waals surface area contributed by atoms with E-state index in [1.165, 1.54) is 11.7 Å². The fourth-order valence-corrected chi connectivity index (χ4v) is 1.30. The van der Waals surface area contributed by atoms with Crippen molar-refractivity contribution in [2.45, 2.75) is 24.4 Å². The summed E-state index contributed by atoms with van der Waals surface area (Å²) in [4.78, 5) is 0. The first-order chi connectivity index (χ1) is 2.41. The van der Waals surface area contributed by atoms with Gasteiger partial charge in [-0.15, -0.1) is 0 Å². The van der Waals surface area contributed by atoms with Crippen LogP contribution in [0.5, 0.6) is 0 Å². The van der Waals surface area contributed by atoms with Gasteiger partial charge in [-0.05, 0) is 0 Å². The summed E-state index contributed by atoms with van der Waals surface area (Å²) in [5.74, 6) is 2.34. The molecule has 0 aromatic carbocycles. The fourth-order valence-electron chi connectivity index (χ4n) is 0.250. The third-order valence-corrected chi connectivity index (χ3v) is 2.60. The molecule has 0 aliphatic carbocycles. The normalized spacial score (nSPS) is 8.40. The van der Waals surface area contributed by atoms with Crippen LogP contribution in [-0.2, 0) is 0 Å². The molecule has 0 saturated carbocycles. The molecule has 0 aliphatic heterocycles. The van der Waals surface area contributed by atoms with E-state index in [0.29, 0.717) is 15.4 Å². The first kappa shape index (κ1) is 5.54. The average molecular weight is 131 g/mol. The maximum absolute atomic E-state index is 2.34. The van der Waals surface area contributed by atoms with Crippen molar-refractivity contribution >= 4 is 15.4 Å². The Morgan fingerprint density at radius 2 is 2.20 bits per heavy atom. The van der Waals surface area contributed by atoms with Gasteiger partial charge in [-0.1, -0.05) is 0 Å². The Morgan fingerprint density at radius 3 is 2.20 bits per heavy atom. The van der Waals surface area contributed by atoms with Crippen LogP contribution in [0.2, 0.25) is 11.0 Å². The van der Waals surface area contributed by atoms with Gasteiger partial charge in [0.2, 0.25) is 0 Å². The molecule has 0 heterocycles. The van der Waals surface area contributed by atoms with Crippen LogP contribution in [0.1, 0.15) is 13.3 Å². The first-order valence-corrected chi connectivity index (χ1v) is 5.64. The average Bonchev–Trinajstić information content (AvgIpc) is 1.41. The Kier molecular flexibility index (Phi) is 5.04. The van der Waals surface area contributed by atoms with Crippen LogP contribution in [0.25, 0.3) is 0 Å². The maximum atomic E-state index is 2.34. The molecule has 0 spiro atoms. The van der Waals surface area contributed by atoms with Crippen LogP contribution in [0.3, 0.4) is 0 Å². The van der Waals surface area contributed by atoms with Crippen molar-refractivity contribution in [1.29, 1.82) is 0 Å². The Labute approximate surface area is 40.4 Å². The Bertz CT molecular complexity index is 11.1. The summed E-state index contributed by atoms with van der Waals surface area (Å²) in [6.07, 6.45) is 1.40. The summed E-state index contributed by atoms with van der Waals surface area (Å²) >= 11 is 0.507. The summed E-state index contributed by atoms with van der Waals surface area (Å²) in [6.45, 7) is 2.24. The predicted molar refractivity (Wildman–Crippen MR) is 26.7 cm³/mol. The SMILES string of the molecule is CC[CH2][Ge][CH3]. The molecule has 0 amide bonds. The molecule has 30 valence electrons. The monoisotopic (exact) mass is 132 g/mol. The van der Waals surface area contributed by atoms with E-state index in [0.717, 1.165) is 0 Å². The summed E-state index contributed by atoms with van der Waals surface area (Å²) < 4.78 is 0. The molecule has 0 bridgehead atoms. The molecule has 0 atom stereocenters. The molecule has 2 radical (unpaired) electrons. The molecule has 0 fully saturated rings. The minimum atomic E-state index is 0.507. The zero-order chi connectivity index (χ0) is 4.12. The van der Waals surface area contributed by atoms with Crippen molar-refractivity contribution in [2.24, 2.45) is 0 Å². The van der Waals surface area contributed by atoms with Crippen molar-refractivity contribution in [3.8, 4) is 0 Å². The van der Waals surface area contributed by atoms with Crippen molar-refractivity contribution in [1.82, 2.24) is 0 Å². The van der Waals surface area contributed by atoms with Gasteiger partial charge in [0.25, 0.3) is 0 Å². The number of hydrogen-bond donors (Lipinski definition) is 0. The molecule has 0 saturated heterocycles. The summed E-state index contributed by atoms with van der Waals surface area (Å²) in [5, 5.41) is 1.51. The van der Waals surface area contributed by atoms with Gasteiger partial charge in [0.15, 0.2) is 0 Å². The van der Waals surface area contributed by atoms with Gasteiger partial charge in [-0.2, -0.15) is 0 Å². The molecule has 5 heavy (non-hydrogen) atoms. The van der Waals surface area contributed by atoms with Crippen LogP contribution in [0.4, 0.5) is 0 Å². The van der Waals surface area contributed by atoms with E-state index in [4.69, 9.17) is 0 Å². The summed E-state index contributed by atoms with van der Waals surface area (Å²) in [6, 6.07) is 0. The van der Waals surface area contributed by atoms with Gasteiger partial charge in [0.1, 0.15) is 0 Å². The van der Waals surface area contributed by atoms with E-state index in [-0.39, 0.29) is 0 Å². The quantitative estimate of drug-likeness (QED) is 0.498. The molecule has 0 unspecified atom stereocenters. The van der Waals surface area contributed by atoms with E-state index in [1.807, 2.05) is 0 Å². The summed E-state index contributed by atoms with van der Waals surface area (Å²) in [7, 11) is 0. The molecule has 0 N–H and O–H groups in total. The summed E-state index contributed by atoms with van der Waals surface area (Å²) in [5.41, 5.74) is 0. The zero-order valence-electron chi connectivity index (χ0n) is 3.91. The third-order valence-electron chi connectivity index (χ3n) is 0.500. The minimum absolute atomic E-state index is 0.507. The van der Waals surface area contributed by atoms with E-state index in [1.54, 1.807) is 0 Å². The zero-order valence-corrected chi connectivity index (χ0v) is 6.01. The number of hydrogen-bond acceptors (Lipinski definition) is 0. The van der Waals surface area contributed by atoms with Gasteiger partial charge in [-0.3, -0.25) is 0 Å².